The molecule has 1 aromatic carbocycles. The van der Waals surface area contributed by atoms with Crippen LogP contribution in [0.1, 0.15) is 19.3 Å². The third kappa shape index (κ3) is 4.51. The predicted molar refractivity (Wildman–Crippen MR) is 108 cm³/mol. The van der Waals surface area contributed by atoms with Crippen molar-refractivity contribution in [2.45, 2.75) is 19.3 Å². The number of benzene rings is 1. The van der Waals surface area contributed by atoms with Gasteiger partial charge in [0.1, 0.15) is 5.75 Å². The zero-order valence-electron chi connectivity index (χ0n) is 15.4. The Morgan fingerprint density at radius 1 is 1.26 bits per heavy atom. The highest BCUT2D eigenvalue weighted by molar-refractivity contribution is 7.80. The van der Waals surface area contributed by atoms with Gasteiger partial charge < -0.3 is 15.0 Å². The number of rotatable bonds is 6. The van der Waals surface area contributed by atoms with E-state index in [1.165, 1.54) is 37.5 Å². The number of methoxy groups -OCH3 is 1. The van der Waals surface area contributed by atoms with Crippen LogP contribution in [0.4, 0.5) is 5.69 Å². The van der Waals surface area contributed by atoms with Gasteiger partial charge in [-0.2, -0.15) is 0 Å². The van der Waals surface area contributed by atoms with Crippen LogP contribution in [0, 0.1) is 5.92 Å². The highest BCUT2D eigenvalue weighted by Gasteiger charge is 2.39. The highest BCUT2D eigenvalue weighted by Crippen LogP contribution is 2.30. The van der Waals surface area contributed by atoms with Crippen LogP contribution in [0.25, 0.3) is 0 Å². The van der Waals surface area contributed by atoms with Crippen molar-refractivity contribution in [1.29, 1.82) is 0 Å². The van der Waals surface area contributed by atoms with Crippen molar-refractivity contribution in [1.82, 2.24) is 10.2 Å². The SMILES string of the molecule is COc1ccccc1N1C(=O)[C@@H](C=NCCN2CCCCC2)C(=O)NC1=S. The number of thiocarbonyl (C=S) groups is 1. The summed E-state index contributed by atoms with van der Waals surface area (Å²) >= 11 is 5.21. The number of aliphatic imine (C=N–C) groups is 1. The van der Waals surface area contributed by atoms with Gasteiger partial charge in [0.25, 0.3) is 5.91 Å². The van der Waals surface area contributed by atoms with E-state index in [1.807, 2.05) is 0 Å². The maximum Gasteiger partial charge on any atom is 0.251 e. The standard InChI is InChI=1S/C19H24N4O3S/c1-26-16-8-4-3-7-15(16)23-18(25)14(17(24)21-19(23)27)13-20-9-12-22-10-5-2-6-11-22/h3-4,7-8,13-14H,2,5-6,9-12H2,1H3,(H,21,24,27)/t14-/m0/s1. The van der Waals surface area contributed by atoms with Crippen molar-refractivity contribution in [2.24, 2.45) is 10.9 Å². The van der Waals surface area contributed by atoms with E-state index < -0.39 is 17.7 Å². The largest absolute Gasteiger partial charge is 0.495 e. The lowest BCUT2D eigenvalue weighted by molar-refractivity contribution is -0.130. The number of ether oxygens (including phenoxy) is 1. The van der Waals surface area contributed by atoms with Crippen LogP contribution < -0.4 is 15.0 Å². The van der Waals surface area contributed by atoms with E-state index >= 15 is 0 Å². The molecule has 2 heterocycles. The Balaban J connectivity index is 1.69. The molecule has 8 heteroatoms. The van der Waals surface area contributed by atoms with Gasteiger partial charge in [-0.25, -0.2) is 0 Å². The van der Waals surface area contributed by atoms with Crippen molar-refractivity contribution in [3.63, 3.8) is 0 Å². The van der Waals surface area contributed by atoms with Crippen LogP contribution in [0.15, 0.2) is 29.3 Å². The first kappa shape index (κ1) is 19.4. The molecular weight excluding hydrogens is 364 g/mol. The maximum absolute atomic E-state index is 12.9. The zero-order valence-corrected chi connectivity index (χ0v) is 16.2. The van der Waals surface area contributed by atoms with Gasteiger partial charge in [0.2, 0.25) is 5.91 Å². The average molecular weight is 388 g/mol. The number of carbonyl (C=O) groups is 2. The molecule has 0 aliphatic carbocycles. The lowest BCUT2D eigenvalue weighted by atomic mass is 10.1. The molecule has 2 fully saturated rings. The van der Waals surface area contributed by atoms with Gasteiger partial charge in [-0.15, -0.1) is 0 Å². The summed E-state index contributed by atoms with van der Waals surface area (Å²) in [5, 5.41) is 2.64. The molecule has 27 heavy (non-hydrogen) atoms. The molecule has 0 saturated carbocycles. The van der Waals surface area contributed by atoms with E-state index in [1.54, 1.807) is 24.3 Å². The number of likely N-dealkylation sites (tertiary alicyclic amines) is 1. The number of nitrogens with one attached hydrogen (secondary N) is 1. The monoisotopic (exact) mass is 388 g/mol. The quantitative estimate of drug-likeness (QED) is 0.455. The first-order valence-corrected chi connectivity index (χ1v) is 9.56. The fourth-order valence-electron chi connectivity index (χ4n) is 3.33. The molecule has 7 nitrogen and oxygen atoms in total. The first-order chi connectivity index (χ1) is 13.1. The van der Waals surface area contributed by atoms with Crippen LogP contribution in [-0.2, 0) is 9.59 Å². The van der Waals surface area contributed by atoms with Gasteiger partial charge in [-0.05, 0) is 50.3 Å². The minimum Gasteiger partial charge on any atom is -0.495 e. The zero-order chi connectivity index (χ0) is 19.2. The second kappa shape index (κ2) is 9.05. The first-order valence-electron chi connectivity index (χ1n) is 9.16. The Kier molecular flexibility index (Phi) is 6.52. The topological polar surface area (TPSA) is 74.2 Å². The minimum absolute atomic E-state index is 0.0486. The third-order valence-corrected chi connectivity index (χ3v) is 5.06. The molecule has 2 aliphatic rings. The van der Waals surface area contributed by atoms with Crippen LogP contribution in [0.5, 0.6) is 5.75 Å². The fraction of sp³-hybridized carbons (Fsp3) is 0.474. The summed E-state index contributed by atoms with van der Waals surface area (Å²) in [6, 6.07) is 7.05. The Labute approximate surface area is 164 Å². The number of hydrogen-bond acceptors (Lipinski definition) is 6. The summed E-state index contributed by atoms with van der Waals surface area (Å²) in [5.41, 5.74) is 0.502. The summed E-state index contributed by atoms with van der Waals surface area (Å²) in [4.78, 5) is 33.2. The molecule has 0 bridgehead atoms. The van der Waals surface area contributed by atoms with E-state index in [0.29, 0.717) is 18.0 Å². The van der Waals surface area contributed by atoms with Gasteiger partial charge in [-0.3, -0.25) is 19.5 Å². The molecule has 2 amide bonds. The molecule has 0 radical (unpaired) electrons. The number of anilines is 1. The molecule has 2 saturated heterocycles. The van der Waals surface area contributed by atoms with E-state index in [9.17, 15) is 9.59 Å². The Bertz CT molecular complexity index is 746. The Morgan fingerprint density at radius 3 is 2.74 bits per heavy atom. The van der Waals surface area contributed by atoms with E-state index in [2.05, 4.69) is 15.2 Å². The average Bonchev–Trinajstić information content (AvgIpc) is 2.68. The van der Waals surface area contributed by atoms with Gasteiger partial charge in [0.15, 0.2) is 11.0 Å². The normalized spacial score (nSPS) is 21.6. The molecule has 1 atom stereocenters. The molecule has 1 aromatic rings. The summed E-state index contributed by atoms with van der Waals surface area (Å²) in [5.74, 6) is -1.36. The number of carbonyl (C=O) groups excluding carboxylic acids is 2. The number of para-hydroxylation sites is 2. The number of piperidine rings is 1. The molecule has 0 aromatic heterocycles. The minimum atomic E-state index is -0.997. The molecule has 144 valence electrons. The Morgan fingerprint density at radius 2 is 2.00 bits per heavy atom. The molecule has 3 rings (SSSR count). The maximum atomic E-state index is 12.9. The van der Waals surface area contributed by atoms with Crippen molar-refractivity contribution in [3.8, 4) is 5.75 Å². The molecular formula is C19H24N4O3S. The Hall–Kier alpha value is -2.32. The predicted octanol–water partition coefficient (Wildman–Crippen LogP) is 1.62. The number of nitrogens with zero attached hydrogens (tertiary/aromatic N) is 3. The summed E-state index contributed by atoms with van der Waals surface area (Å²) < 4.78 is 5.32. The van der Waals surface area contributed by atoms with Gasteiger partial charge >= 0.3 is 0 Å². The summed E-state index contributed by atoms with van der Waals surface area (Å²) in [6.07, 6.45) is 5.16. The number of hydrogen-bond donors (Lipinski definition) is 1. The van der Waals surface area contributed by atoms with E-state index in [0.717, 1.165) is 19.6 Å². The van der Waals surface area contributed by atoms with E-state index in [4.69, 9.17) is 17.0 Å². The smallest absolute Gasteiger partial charge is 0.251 e. The van der Waals surface area contributed by atoms with Crippen LogP contribution in [0.3, 0.4) is 0 Å². The molecule has 0 spiro atoms. The molecule has 0 unspecified atom stereocenters. The van der Waals surface area contributed by atoms with Gasteiger partial charge in [0.05, 0.1) is 19.3 Å². The lowest BCUT2D eigenvalue weighted by Crippen LogP contribution is -2.58. The summed E-state index contributed by atoms with van der Waals surface area (Å²) in [7, 11) is 1.52. The van der Waals surface area contributed by atoms with Gasteiger partial charge in [-0.1, -0.05) is 18.6 Å². The van der Waals surface area contributed by atoms with Gasteiger partial charge in [0, 0.05) is 12.8 Å². The van der Waals surface area contributed by atoms with E-state index in [-0.39, 0.29) is 5.11 Å². The number of amides is 2. The van der Waals surface area contributed by atoms with Crippen LogP contribution in [-0.4, -0.2) is 61.3 Å². The van der Waals surface area contributed by atoms with Crippen molar-refractivity contribution >= 4 is 41.0 Å². The van der Waals surface area contributed by atoms with Crippen LogP contribution in [0.2, 0.25) is 0 Å². The second-order valence-electron chi connectivity index (χ2n) is 6.58. The van der Waals surface area contributed by atoms with Crippen molar-refractivity contribution < 1.29 is 14.3 Å². The summed E-state index contributed by atoms with van der Waals surface area (Å²) in [6.45, 7) is 3.59. The lowest BCUT2D eigenvalue weighted by Gasteiger charge is -2.31. The molecule has 1 N–H and O–H groups in total. The fourth-order valence-corrected chi connectivity index (χ4v) is 3.62. The van der Waals surface area contributed by atoms with Crippen LogP contribution >= 0.6 is 12.2 Å². The van der Waals surface area contributed by atoms with Crippen molar-refractivity contribution in [3.05, 3.63) is 24.3 Å². The highest BCUT2D eigenvalue weighted by atomic mass is 32.1. The molecule has 2 aliphatic heterocycles. The van der Waals surface area contributed by atoms with Crippen molar-refractivity contribution in [2.75, 3.05) is 38.2 Å². The second-order valence-corrected chi connectivity index (χ2v) is 6.96. The third-order valence-electron chi connectivity index (χ3n) is 4.78.